The molecule has 0 saturated carbocycles. The molecule has 3 atom stereocenters. The van der Waals surface area contributed by atoms with Crippen LogP contribution in [0.1, 0.15) is 66.2 Å². The number of nitrogens with zero attached hydrogens (tertiary/aromatic N) is 3. The molecule has 0 amide bonds. The molecule has 0 spiro atoms. The van der Waals surface area contributed by atoms with Crippen LogP contribution in [0.3, 0.4) is 0 Å². The highest BCUT2D eigenvalue weighted by atomic mass is 31.2. The van der Waals surface area contributed by atoms with E-state index in [1.807, 2.05) is 13.8 Å². The number of hydrogen-bond acceptors (Lipinski definition) is 7. The normalized spacial score (nSPS) is 14.8. The van der Waals surface area contributed by atoms with Gasteiger partial charge in [0.15, 0.2) is 0 Å². The van der Waals surface area contributed by atoms with E-state index < -0.39 is 26.0 Å². The average molecular weight is 442 g/mol. The Morgan fingerprint density at radius 2 is 1.83 bits per heavy atom. The first-order valence-electron chi connectivity index (χ1n) is 10.3. The highest BCUT2D eigenvalue weighted by molar-refractivity contribution is 7.44. The molecular weight excluding hydrogens is 407 g/mol. The molecule has 0 fully saturated rings. The fourth-order valence-electron chi connectivity index (χ4n) is 2.95. The summed E-state index contributed by atoms with van der Waals surface area (Å²) in [6, 6.07) is 2.50. The summed E-state index contributed by atoms with van der Waals surface area (Å²) in [7, 11) is -1.36. The van der Waals surface area contributed by atoms with Crippen LogP contribution in [0.2, 0.25) is 0 Å². The SMILES string of the molecule is CC[C@@H](O[C@@H](C)COP(OCCC#N)N(C(C)C)C(C)C)n1cc(C)c(=O)[nH]c1=O. The standard InChI is InChI=1S/C20H35N4O5P/c1-8-18(23-12-16(6)19(25)22-20(23)26)29-17(7)13-28-30(27-11-9-10-21)24(14(2)3)15(4)5/h12,14-15,17-18H,8-9,11,13H2,1-7H3,(H,22,25,26)/t17-,18+,30?/m0/s1. The minimum absolute atomic E-state index is 0.209. The zero-order chi connectivity index (χ0) is 22.8. The Kier molecular flexibility index (Phi) is 11.5. The smallest absolute Gasteiger partial charge is 0.330 e. The van der Waals surface area contributed by atoms with Gasteiger partial charge in [0, 0.05) is 23.8 Å². The van der Waals surface area contributed by atoms with Crippen molar-refractivity contribution in [3.05, 3.63) is 32.6 Å². The second-order valence-electron chi connectivity index (χ2n) is 7.63. The zero-order valence-electron chi connectivity index (χ0n) is 19.0. The van der Waals surface area contributed by atoms with Crippen molar-refractivity contribution in [3.63, 3.8) is 0 Å². The molecule has 1 unspecified atom stereocenters. The lowest BCUT2D eigenvalue weighted by atomic mass is 10.3. The number of rotatable bonds is 13. The molecule has 0 aliphatic heterocycles. The minimum atomic E-state index is -1.36. The first-order valence-corrected chi connectivity index (χ1v) is 11.4. The Morgan fingerprint density at radius 1 is 1.20 bits per heavy atom. The fraction of sp³-hybridized carbons (Fsp3) is 0.750. The average Bonchev–Trinajstić information content (AvgIpc) is 2.66. The van der Waals surface area contributed by atoms with Crippen LogP contribution in [0.5, 0.6) is 0 Å². The summed E-state index contributed by atoms with van der Waals surface area (Å²) < 4.78 is 21.5. The van der Waals surface area contributed by atoms with E-state index in [9.17, 15) is 9.59 Å². The predicted molar refractivity (Wildman–Crippen MR) is 117 cm³/mol. The van der Waals surface area contributed by atoms with Gasteiger partial charge in [-0.3, -0.25) is 14.3 Å². The minimum Gasteiger partial charge on any atom is -0.353 e. The Bertz CT molecular complexity index is 794. The van der Waals surface area contributed by atoms with E-state index in [0.717, 1.165) is 0 Å². The summed E-state index contributed by atoms with van der Waals surface area (Å²) in [6.45, 7) is 14.3. The summed E-state index contributed by atoms with van der Waals surface area (Å²) >= 11 is 0. The number of nitrogens with one attached hydrogen (secondary N) is 1. The van der Waals surface area contributed by atoms with Crippen LogP contribution >= 0.6 is 8.53 Å². The van der Waals surface area contributed by atoms with Gasteiger partial charge in [-0.15, -0.1) is 0 Å². The zero-order valence-corrected chi connectivity index (χ0v) is 19.9. The molecule has 0 saturated heterocycles. The molecule has 170 valence electrons. The van der Waals surface area contributed by atoms with E-state index in [1.54, 1.807) is 6.92 Å². The molecular formula is C20H35N4O5P. The van der Waals surface area contributed by atoms with Gasteiger partial charge in [0.05, 0.1) is 31.8 Å². The van der Waals surface area contributed by atoms with Gasteiger partial charge in [-0.25, -0.2) is 9.46 Å². The number of ether oxygens (including phenoxy) is 1. The Balaban J connectivity index is 2.85. The Labute approximate surface area is 179 Å². The van der Waals surface area contributed by atoms with Crippen molar-refractivity contribution in [2.45, 2.75) is 85.7 Å². The van der Waals surface area contributed by atoms with Crippen molar-refractivity contribution in [2.75, 3.05) is 13.2 Å². The number of aromatic nitrogens is 2. The van der Waals surface area contributed by atoms with Crippen LogP contribution in [0.25, 0.3) is 0 Å². The molecule has 10 heteroatoms. The summed E-state index contributed by atoms with van der Waals surface area (Å²) in [4.78, 5) is 26.1. The molecule has 1 heterocycles. The van der Waals surface area contributed by atoms with Gasteiger partial charge in [0.1, 0.15) is 6.23 Å². The lowest BCUT2D eigenvalue weighted by Crippen LogP contribution is -2.36. The first kappa shape index (κ1) is 26.5. The van der Waals surface area contributed by atoms with E-state index >= 15 is 0 Å². The third-order valence-electron chi connectivity index (χ3n) is 4.28. The maximum Gasteiger partial charge on any atom is 0.330 e. The van der Waals surface area contributed by atoms with E-state index in [4.69, 9.17) is 19.0 Å². The van der Waals surface area contributed by atoms with Crippen LogP contribution < -0.4 is 11.2 Å². The largest absolute Gasteiger partial charge is 0.353 e. The highest BCUT2D eigenvalue weighted by Gasteiger charge is 2.28. The van der Waals surface area contributed by atoms with Crippen molar-refractivity contribution < 1.29 is 13.8 Å². The van der Waals surface area contributed by atoms with Crippen LogP contribution in [-0.2, 0) is 13.8 Å². The molecule has 0 aliphatic carbocycles. The summed E-state index contributed by atoms with van der Waals surface area (Å²) in [5.41, 5.74) is -0.456. The third-order valence-corrected chi connectivity index (χ3v) is 6.35. The predicted octanol–water partition coefficient (Wildman–Crippen LogP) is 3.45. The molecule has 0 aliphatic rings. The summed E-state index contributed by atoms with van der Waals surface area (Å²) in [5, 5.41) is 8.80. The van der Waals surface area contributed by atoms with Gasteiger partial charge in [-0.1, -0.05) is 6.92 Å². The Morgan fingerprint density at radius 3 is 2.37 bits per heavy atom. The first-order chi connectivity index (χ1) is 14.1. The molecule has 1 aromatic heterocycles. The van der Waals surface area contributed by atoms with Crippen molar-refractivity contribution in [1.29, 1.82) is 5.26 Å². The number of aryl methyl sites for hydroxylation is 1. The second kappa shape index (κ2) is 13.0. The van der Waals surface area contributed by atoms with E-state index in [0.29, 0.717) is 25.0 Å². The van der Waals surface area contributed by atoms with E-state index in [1.165, 1.54) is 10.8 Å². The number of nitriles is 1. The molecule has 0 radical (unpaired) electrons. The van der Waals surface area contributed by atoms with Crippen molar-refractivity contribution in [1.82, 2.24) is 14.2 Å². The number of hydrogen-bond donors (Lipinski definition) is 1. The summed E-state index contributed by atoms with van der Waals surface area (Å²) in [5.74, 6) is 0. The maximum atomic E-state index is 12.2. The third kappa shape index (κ3) is 7.93. The van der Waals surface area contributed by atoms with Crippen molar-refractivity contribution in [3.8, 4) is 6.07 Å². The lowest BCUT2D eigenvalue weighted by Gasteiger charge is -2.36. The van der Waals surface area contributed by atoms with Gasteiger partial charge in [-0.2, -0.15) is 5.26 Å². The van der Waals surface area contributed by atoms with E-state index in [2.05, 4.69) is 43.4 Å². The van der Waals surface area contributed by atoms with Gasteiger partial charge in [0.2, 0.25) is 0 Å². The highest BCUT2D eigenvalue weighted by Crippen LogP contribution is 2.46. The van der Waals surface area contributed by atoms with Crippen molar-refractivity contribution >= 4 is 8.53 Å². The van der Waals surface area contributed by atoms with Crippen LogP contribution in [0, 0.1) is 18.3 Å². The fourth-order valence-corrected chi connectivity index (χ4v) is 4.63. The maximum absolute atomic E-state index is 12.2. The molecule has 0 aromatic carbocycles. The summed E-state index contributed by atoms with van der Waals surface area (Å²) in [6.07, 6.45) is 1.52. The number of aromatic amines is 1. The Hall–Kier alpha value is -1.56. The molecule has 9 nitrogen and oxygen atoms in total. The second-order valence-corrected chi connectivity index (χ2v) is 9.08. The lowest BCUT2D eigenvalue weighted by molar-refractivity contribution is -0.0674. The number of H-pyrrole nitrogens is 1. The molecule has 1 rings (SSSR count). The van der Waals surface area contributed by atoms with Crippen LogP contribution in [0.15, 0.2) is 15.8 Å². The van der Waals surface area contributed by atoms with Crippen LogP contribution in [-0.4, -0.2) is 45.6 Å². The van der Waals surface area contributed by atoms with Gasteiger partial charge in [0.25, 0.3) is 14.1 Å². The van der Waals surface area contributed by atoms with Gasteiger partial charge in [-0.05, 0) is 48.0 Å². The van der Waals surface area contributed by atoms with E-state index in [-0.39, 0.29) is 24.8 Å². The topological polar surface area (TPSA) is 110 Å². The molecule has 0 bridgehead atoms. The van der Waals surface area contributed by atoms with Gasteiger partial charge < -0.3 is 13.8 Å². The van der Waals surface area contributed by atoms with Gasteiger partial charge >= 0.3 is 5.69 Å². The monoisotopic (exact) mass is 442 g/mol. The molecule has 1 aromatic rings. The van der Waals surface area contributed by atoms with Crippen LogP contribution in [0.4, 0.5) is 0 Å². The van der Waals surface area contributed by atoms with Crippen molar-refractivity contribution in [2.24, 2.45) is 0 Å². The quantitative estimate of drug-likeness (QED) is 0.368. The molecule has 30 heavy (non-hydrogen) atoms. The molecule has 1 N–H and O–H groups in total.